The van der Waals surface area contributed by atoms with Gasteiger partial charge in [-0.2, -0.15) is 15.0 Å². The summed E-state index contributed by atoms with van der Waals surface area (Å²) in [7, 11) is 0. The summed E-state index contributed by atoms with van der Waals surface area (Å²) < 4.78 is 0. The molecular formula is C19H21N5O. The lowest BCUT2D eigenvalue weighted by molar-refractivity contribution is -0.135. The molecule has 1 N–H and O–H groups in total. The first-order valence-corrected chi connectivity index (χ1v) is 9.01. The first-order chi connectivity index (χ1) is 12.3. The van der Waals surface area contributed by atoms with Gasteiger partial charge in [0, 0.05) is 29.2 Å². The summed E-state index contributed by atoms with van der Waals surface area (Å²) >= 11 is 0. The molecule has 4 heterocycles. The second-order valence-corrected chi connectivity index (χ2v) is 7.20. The van der Waals surface area contributed by atoms with Crippen LogP contribution in [-0.4, -0.2) is 42.9 Å². The van der Waals surface area contributed by atoms with Crippen LogP contribution in [0, 0.1) is 0 Å². The van der Waals surface area contributed by atoms with Gasteiger partial charge in [0.2, 0.25) is 5.91 Å². The molecule has 2 aliphatic rings. The summed E-state index contributed by atoms with van der Waals surface area (Å²) in [5.74, 6) is 0.254. The molecule has 25 heavy (non-hydrogen) atoms. The Bertz CT molecular complexity index is 886. The van der Waals surface area contributed by atoms with E-state index >= 15 is 0 Å². The Kier molecular flexibility index (Phi) is 3.36. The van der Waals surface area contributed by atoms with Gasteiger partial charge in [-0.1, -0.05) is 18.2 Å². The minimum Gasteiger partial charge on any atom is -0.361 e. The SMILES string of the molecule is O=C(Cc1c[nH]c2ccccc12)N1C2CCC1CC(n1nccn1)C2. The molecule has 2 aromatic heterocycles. The molecule has 2 bridgehead atoms. The molecule has 0 aliphatic carbocycles. The van der Waals surface area contributed by atoms with Crippen LogP contribution >= 0.6 is 0 Å². The smallest absolute Gasteiger partial charge is 0.227 e. The molecule has 2 aliphatic heterocycles. The van der Waals surface area contributed by atoms with Crippen molar-refractivity contribution in [3.8, 4) is 0 Å². The number of amides is 1. The number of aromatic nitrogens is 4. The van der Waals surface area contributed by atoms with Crippen LogP contribution in [0.25, 0.3) is 10.9 Å². The number of benzene rings is 1. The monoisotopic (exact) mass is 335 g/mol. The van der Waals surface area contributed by atoms with Crippen molar-refractivity contribution in [2.45, 2.75) is 50.2 Å². The third kappa shape index (κ3) is 2.44. The number of H-pyrrole nitrogens is 1. The molecule has 1 amide bonds. The first kappa shape index (κ1) is 14.7. The maximum absolute atomic E-state index is 13.0. The van der Waals surface area contributed by atoms with Crippen LogP contribution < -0.4 is 0 Å². The van der Waals surface area contributed by atoms with Crippen molar-refractivity contribution in [1.29, 1.82) is 0 Å². The average Bonchev–Trinajstić information content (AvgIpc) is 3.34. The number of carbonyl (C=O) groups excluding carboxylic acids is 1. The Balaban J connectivity index is 1.35. The highest BCUT2D eigenvalue weighted by atomic mass is 16.2. The third-order valence-electron chi connectivity index (χ3n) is 5.78. The maximum atomic E-state index is 13.0. The Labute approximate surface area is 145 Å². The highest BCUT2D eigenvalue weighted by Crippen LogP contribution is 2.40. The van der Waals surface area contributed by atoms with Crippen LogP contribution in [-0.2, 0) is 11.2 Å². The Morgan fingerprint density at radius 1 is 1.08 bits per heavy atom. The summed E-state index contributed by atoms with van der Waals surface area (Å²) in [6.07, 6.45) is 10.0. The van der Waals surface area contributed by atoms with E-state index in [1.165, 1.54) is 0 Å². The molecule has 1 aromatic carbocycles. The minimum atomic E-state index is 0.254. The second-order valence-electron chi connectivity index (χ2n) is 7.20. The molecule has 0 spiro atoms. The highest BCUT2D eigenvalue weighted by Gasteiger charge is 2.44. The van der Waals surface area contributed by atoms with E-state index in [4.69, 9.17) is 0 Å². The lowest BCUT2D eigenvalue weighted by Crippen LogP contribution is -2.47. The first-order valence-electron chi connectivity index (χ1n) is 9.01. The lowest BCUT2D eigenvalue weighted by Gasteiger charge is -2.38. The second kappa shape index (κ2) is 5.72. The van der Waals surface area contributed by atoms with Crippen molar-refractivity contribution in [2.24, 2.45) is 0 Å². The van der Waals surface area contributed by atoms with Crippen molar-refractivity contribution in [3.63, 3.8) is 0 Å². The summed E-state index contributed by atoms with van der Waals surface area (Å²) in [4.78, 5) is 20.3. The van der Waals surface area contributed by atoms with Crippen molar-refractivity contribution >= 4 is 16.8 Å². The molecule has 3 aromatic rings. The van der Waals surface area contributed by atoms with E-state index in [0.29, 0.717) is 24.5 Å². The molecule has 0 saturated carbocycles. The van der Waals surface area contributed by atoms with Crippen LogP contribution in [0.5, 0.6) is 0 Å². The van der Waals surface area contributed by atoms with Crippen molar-refractivity contribution in [2.75, 3.05) is 0 Å². The quantitative estimate of drug-likeness (QED) is 0.800. The van der Waals surface area contributed by atoms with Gasteiger partial charge in [0.1, 0.15) is 0 Å². The normalized spacial score (nSPS) is 25.6. The van der Waals surface area contributed by atoms with Crippen molar-refractivity contribution in [1.82, 2.24) is 24.9 Å². The Morgan fingerprint density at radius 3 is 2.56 bits per heavy atom. The van der Waals surface area contributed by atoms with E-state index < -0.39 is 0 Å². The molecule has 0 radical (unpaired) electrons. The van der Waals surface area contributed by atoms with Crippen LogP contribution in [0.1, 0.15) is 37.3 Å². The molecule has 6 heteroatoms. The van der Waals surface area contributed by atoms with Crippen LogP contribution in [0.15, 0.2) is 42.9 Å². The number of hydrogen-bond acceptors (Lipinski definition) is 3. The fourth-order valence-corrected chi connectivity index (χ4v) is 4.69. The van der Waals surface area contributed by atoms with Crippen LogP contribution in [0.3, 0.4) is 0 Å². The summed E-state index contributed by atoms with van der Waals surface area (Å²) in [6.45, 7) is 0. The van der Waals surface area contributed by atoms with Gasteiger partial charge in [0.05, 0.1) is 24.9 Å². The van der Waals surface area contributed by atoms with Crippen molar-refractivity contribution in [3.05, 3.63) is 48.4 Å². The predicted octanol–water partition coefficient (Wildman–Crippen LogP) is 2.70. The van der Waals surface area contributed by atoms with Gasteiger partial charge in [-0.05, 0) is 37.3 Å². The maximum Gasteiger partial charge on any atom is 0.227 e. The standard InChI is InChI=1S/C19H21N5O/c25-19(9-13-12-20-18-4-2-1-3-17(13)18)23-14-5-6-15(23)11-16(10-14)24-21-7-8-22-24/h1-4,7-8,12,14-16,20H,5-6,9-11H2. The molecule has 2 atom stereocenters. The van der Waals surface area contributed by atoms with E-state index in [2.05, 4.69) is 32.2 Å². The van der Waals surface area contributed by atoms with Gasteiger partial charge in [0.25, 0.3) is 0 Å². The predicted molar refractivity (Wildman–Crippen MR) is 94.0 cm³/mol. The van der Waals surface area contributed by atoms with Gasteiger partial charge in [-0.15, -0.1) is 0 Å². The topological polar surface area (TPSA) is 66.8 Å². The van der Waals surface area contributed by atoms with E-state index in [-0.39, 0.29) is 5.91 Å². The molecular weight excluding hydrogens is 314 g/mol. The van der Waals surface area contributed by atoms with Gasteiger partial charge in [0.15, 0.2) is 0 Å². The van der Waals surface area contributed by atoms with E-state index in [1.807, 2.05) is 23.1 Å². The number of aromatic amines is 1. The molecule has 128 valence electrons. The molecule has 2 fully saturated rings. The van der Waals surface area contributed by atoms with Crippen molar-refractivity contribution < 1.29 is 4.79 Å². The highest BCUT2D eigenvalue weighted by molar-refractivity contribution is 5.89. The number of carbonyl (C=O) groups is 1. The third-order valence-corrected chi connectivity index (χ3v) is 5.78. The van der Waals surface area contributed by atoms with E-state index in [9.17, 15) is 4.79 Å². The molecule has 2 saturated heterocycles. The number of piperidine rings is 1. The molecule has 6 nitrogen and oxygen atoms in total. The zero-order chi connectivity index (χ0) is 16.8. The zero-order valence-corrected chi connectivity index (χ0v) is 14.0. The number of nitrogens with one attached hydrogen (secondary N) is 1. The minimum absolute atomic E-state index is 0.254. The number of nitrogens with zero attached hydrogens (tertiary/aromatic N) is 4. The molecule has 5 rings (SSSR count). The van der Waals surface area contributed by atoms with Crippen LogP contribution in [0.2, 0.25) is 0 Å². The Hall–Kier alpha value is -2.63. The van der Waals surface area contributed by atoms with Crippen LogP contribution in [0.4, 0.5) is 0 Å². The lowest BCUT2D eigenvalue weighted by atomic mass is 9.96. The summed E-state index contributed by atoms with van der Waals surface area (Å²) in [5.41, 5.74) is 2.19. The van der Waals surface area contributed by atoms with Gasteiger partial charge < -0.3 is 9.88 Å². The van der Waals surface area contributed by atoms with Gasteiger partial charge >= 0.3 is 0 Å². The van der Waals surface area contributed by atoms with Gasteiger partial charge in [-0.3, -0.25) is 4.79 Å². The van der Waals surface area contributed by atoms with Gasteiger partial charge in [-0.25, -0.2) is 0 Å². The zero-order valence-electron chi connectivity index (χ0n) is 14.0. The summed E-state index contributed by atoms with van der Waals surface area (Å²) in [5, 5.41) is 9.75. The number of fused-ring (bicyclic) bond motifs is 3. The largest absolute Gasteiger partial charge is 0.361 e. The van der Waals surface area contributed by atoms with E-state index in [1.54, 1.807) is 12.4 Å². The number of para-hydroxylation sites is 1. The summed E-state index contributed by atoms with van der Waals surface area (Å²) in [6, 6.07) is 9.15. The Morgan fingerprint density at radius 2 is 1.80 bits per heavy atom. The number of hydrogen-bond donors (Lipinski definition) is 1. The molecule has 2 unspecified atom stereocenters. The fraction of sp³-hybridized carbons (Fsp3) is 0.421. The average molecular weight is 335 g/mol. The number of rotatable bonds is 3. The fourth-order valence-electron chi connectivity index (χ4n) is 4.69. The van der Waals surface area contributed by atoms with E-state index in [0.717, 1.165) is 42.1 Å².